The van der Waals surface area contributed by atoms with Crippen molar-refractivity contribution in [2.24, 2.45) is 5.92 Å². The maximum atomic E-state index is 11.3. The molecule has 6 nitrogen and oxygen atoms in total. The highest BCUT2D eigenvalue weighted by molar-refractivity contribution is 5.93. The second kappa shape index (κ2) is 5.48. The highest BCUT2D eigenvalue weighted by Crippen LogP contribution is 2.28. The number of carboxylic acids is 1. The van der Waals surface area contributed by atoms with E-state index >= 15 is 0 Å². The van der Waals surface area contributed by atoms with E-state index in [4.69, 9.17) is 5.11 Å². The third-order valence-corrected chi connectivity index (χ3v) is 2.74. The van der Waals surface area contributed by atoms with E-state index in [1.165, 1.54) is 18.5 Å². The number of carbonyl (C=O) groups is 2. The number of rotatable bonds is 6. The summed E-state index contributed by atoms with van der Waals surface area (Å²) in [6.07, 6.45) is 4.85. The van der Waals surface area contributed by atoms with Crippen LogP contribution in [0, 0.1) is 5.92 Å². The number of pyridine rings is 1. The van der Waals surface area contributed by atoms with Crippen LogP contribution in [-0.2, 0) is 4.79 Å². The van der Waals surface area contributed by atoms with E-state index in [9.17, 15) is 9.59 Å². The van der Waals surface area contributed by atoms with Gasteiger partial charge in [-0.1, -0.05) is 0 Å². The van der Waals surface area contributed by atoms with Crippen molar-refractivity contribution in [3.63, 3.8) is 0 Å². The Bertz CT molecular complexity index is 458. The quantitative estimate of drug-likeness (QED) is 0.646. The molecule has 1 heterocycles. The van der Waals surface area contributed by atoms with Gasteiger partial charge in [0.25, 0.3) is 0 Å². The van der Waals surface area contributed by atoms with Gasteiger partial charge in [0.1, 0.15) is 0 Å². The van der Waals surface area contributed by atoms with Crippen molar-refractivity contribution in [3.05, 3.63) is 24.0 Å². The molecule has 0 radical (unpaired) electrons. The molecule has 96 valence electrons. The van der Waals surface area contributed by atoms with Gasteiger partial charge in [0, 0.05) is 25.2 Å². The van der Waals surface area contributed by atoms with Gasteiger partial charge in [-0.05, 0) is 18.9 Å². The zero-order valence-electron chi connectivity index (χ0n) is 9.85. The third kappa shape index (κ3) is 3.19. The molecule has 0 spiro atoms. The molecule has 0 aromatic carbocycles. The smallest absolute Gasteiger partial charge is 0.337 e. The minimum Gasteiger partial charge on any atom is -0.478 e. The molecule has 0 atom stereocenters. The first-order chi connectivity index (χ1) is 8.68. The van der Waals surface area contributed by atoms with E-state index in [1.54, 1.807) is 0 Å². The molecule has 0 aliphatic heterocycles. The molecule has 2 rings (SSSR count). The Kier molecular flexibility index (Phi) is 3.76. The number of aromatic nitrogens is 1. The number of carboxylic acid groups (broad SMARTS) is 1. The topological polar surface area (TPSA) is 91.3 Å². The number of hydrogen-bond acceptors (Lipinski definition) is 4. The zero-order valence-corrected chi connectivity index (χ0v) is 9.85. The van der Waals surface area contributed by atoms with E-state index in [0.717, 1.165) is 12.8 Å². The molecule has 0 unspecified atom stereocenters. The fourth-order valence-electron chi connectivity index (χ4n) is 1.59. The van der Waals surface area contributed by atoms with Crippen molar-refractivity contribution in [2.75, 3.05) is 18.4 Å². The van der Waals surface area contributed by atoms with Crippen LogP contribution in [0.3, 0.4) is 0 Å². The van der Waals surface area contributed by atoms with Crippen LogP contribution in [0.1, 0.15) is 23.2 Å². The summed E-state index contributed by atoms with van der Waals surface area (Å²) in [6, 6.07) is 1.44. The predicted molar refractivity (Wildman–Crippen MR) is 65.4 cm³/mol. The van der Waals surface area contributed by atoms with Gasteiger partial charge in [0.15, 0.2) is 0 Å². The predicted octanol–water partition coefficient (Wildman–Crippen LogP) is 0.718. The van der Waals surface area contributed by atoms with Crippen LogP contribution in [0.15, 0.2) is 18.5 Å². The maximum Gasteiger partial charge on any atom is 0.337 e. The number of nitrogens with one attached hydrogen (secondary N) is 2. The zero-order chi connectivity index (χ0) is 13.0. The molecule has 0 bridgehead atoms. The molecule has 1 amide bonds. The summed E-state index contributed by atoms with van der Waals surface area (Å²) in [7, 11) is 0. The lowest BCUT2D eigenvalue weighted by atomic mass is 10.2. The van der Waals surface area contributed by atoms with Crippen LogP contribution in [0.4, 0.5) is 5.69 Å². The van der Waals surface area contributed by atoms with Crippen molar-refractivity contribution < 1.29 is 14.7 Å². The number of aromatic carboxylic acids is 1. The number of carbonyl (C=O) groups excluding carboxylic acids is 1. The summed E-state index contributed by atoms with van der Waals surface area (Å²) in [6.45, 7) is 0.952. The first-order valence-electron chi connectivity index (χ1n) is 5.87. The summed E-state index contributed by atoms with van der Waals surface area (Å²) >= 11 is 0. The van der Waals surface area contributed by atoms with Crippen molar-refractivity contribution in [1.82, 2.24) is 10.3 Å². The molecule has 1 aliphatic carbocycles. The second-order valence-electron chi connectivity index (χ2n) is 4.22. The molecule has 1 aromatic heterocycles. The summed E-state index contributed by atoms with van der Waals surface area (Å²) in [5.74, 6) is -0.721. The molecular formula is C12H15N3O3. The molecule has 18 heavy (non-hydrogen) atoms. The van der Waals surface area contributed by atoms with E-state index in [1.807, 2.05) is 0 Å². The monoisotopic (exact) mass is 249 g/mol. The Morgan fingerprint density at radius 2 is 2.17 bits per heavy atom. The Labute approximate surface area is 104 Å². The fraction of sp³-hybridized carbons (Fsp3) is 0.417. The van der Waals surface area contributed by atoms with Gasteiger partial charge in [-0.3, -0.25) is 9.78 Å². The third-order valence-electron chi connectivity index (χ3n) is 2.74. The Morgan fingerprint density at radius 3 is 2.83 bits per heavy atom. The second-order valence-corrected chi connectivity index (χ2v) is 4.22. The SMILES string of the molecule is O=C(O)c1ccncc1NCCNC(=O)C1CC1. The van der Waals surface area contributed by atoms with Crippen molar-refractivity contribution >= 4 is 17.6 Å². The maximum absolute atomic E-state index is 11.3. The van der Waals surface area contributed by atoms with Gasteiger partial charge < -0.3 is 15.7 Å². The minimum atomic E-state index is -0.998. The summed E-state index contributed by atoms with van der Waals surface area (Å²) < 4.78 is 0. The number of anilines is 1. The van der Waals surface area contributed by atoms with E-state index in [0.29, 0.717) is 18.8 Å². The summed E-state index contributed by atoms with van der Waals surface area (Å²) in [4.78, 5) is 26.1. The normalized spacial score (nSPS) is 14.0. The van der Waals surface area contributed by atoms with Gasteiger partial charge in [-0.25, -0.2) is 4.79 Å². The highest BCUT2D eigenvalue weighted by Gasteiger charge is 2.28. The fourth-order valence-corrected chi connectivity index (χ4v) is 1.59. The Morgan fingerprint density at radius 1 is 1.39 bits per heavy atom. The number of hydrogen-bond donors (Lipinski definition) is 3. The lowest BCUT2D eigenvalue weighted by Gasteiger charge is -2.09. The van der Waals surface area contributed by atoms with E-state index in [-0.39, 0.29) is 17.4 Å². The van der Waals surface area contributed by atoms with E-state index in [2.05, 4.69) is 15.6 Å². The summed E-state index contributed by atoms with van der Waals surface area (Å²) in [5.41, 5.74) is 0.643. The molecule has 1 aliphatic rings. The molecule has 6 heteroatoms. The van der Waals surface area contributed by atoms with Gasteiger partial charge >= 0.3 is 5.97 Å². The largest absolute Gasteiger partial charge is 0.478 e. The average molecular weight is 249 g/mol. The first-order valence-corrected chi connectivity index (χ1v) is 5.87. The summed E-state index contributed by atoms with van der Waals surface area (Å²) in [5, 5.41) is 14.7. The van der Waals surface area contributed by atoms with Gasteiger partial charge in [0.05, 0.1) is 17.4 Å². The molecule has 3 N–H and O–H groups in total. The molecule has 1 fully saturated rings. The first kappa shape index (κ1) is 12.3. The van der Waals surface area contributed by atoms with Crippen LogP contribution in [0.5, 0.6) is 0 Å². The van der Waals surface area contributed by atoms with Gasteiger partial charge in [-0.2, -0.15) is 0 Å². The molecular weight excluding hydrogens is 234 g/mol. The lowest BCUT2D eigenvalue weighted by molar-refractivity contribution is -0.122. The van der Waals surface area contributed by atoms with Gasteiger partial charge in [0.2, 0.25) is 5.91 Å². The number of amides is 1. The highest BCUT2D eigenvalue weighted by atomic mass is 16.4. The van der Waals surface area contributed by atoms with Crippen LogP contribution in [0.2, 0.25) is 0 Å². The van der Waals surface area contributed by atoms with Crippen LogP contribution in [-0.4, -0.2) is 35.1 Å². The Hall–Kier alpha value is -2.11. The van der Waals surface area contributed by atoms with Crippen molar-refractivity contribution in [1.29, 1.82) is 0 Å². The van der Waals surface area contributed by atoms with E-state index < -0.39 is 5.97 Å². The lowest BCUT2D eigenvalue weighted by Crippen LogP contribution is -2.30. The average Bonchev–Trinajstić information content (AvgIpc) is 3.19. The van der Waals surface area contributed by atoms with Gasteiger partial charge in [-0.15, -0.1) is 0 Å². The number of nitrogens with zero attached hydrogens (tertiary/aromatic N) is 1. The molecule has 0 saturated heterocycles. The van der Waals surface area contributed by atoms with Crippen molar-refractivity contribution in [2.45, 2.75) is 12.8 Å². The minimum absolute atomic E-state index is 0.0847. The molecule has 1 saturated carbocycles. The van der Waals surface area contributed by atoms with Crippen molar-refractivity contribution in [3.8, 4) is 0 Å². The van der Waals surface area contributed by atoms with Crippen LogP contribution in [0.25, 0.3) is 0 Å². The van der Waals surface area contributed by atoms with Crippen LogP contribution >= 0.6 is 0 Å². The van der Waals surface area contributed by atoms with Crippen LogP contribution < -0.4 is 10.6 Å². The molecule has 1 aromatic rings. The standard InChI is InChI=1S/C12H15N3O3/c16-11(8-1-2-8)15-6-5-14-10-7-13-4-3-9(10)12(17)18/h3-4,7-8,14H,1-2,5-6H2,(H,15,16)(H,17,18). The Balaban J connectivity index is 1.79.